The molecule has 0 bridgehead atoms. The van der Waals surface area contributed by atoms with E-state index in [4.69, 9.17) is 0 Å². The van der Waals surface area contributed by atoms with Crippen molar-refractivity contribution >= 4 is 5.91 Å². The summed E-state index contributed by atoms with van der Waals surface area (Å²) in [6.45, 7) is 7.04. The number of hydrogen-bond acceptors (Lipinski definition) is 1. The van der Waals surface area contributed by atoms with Gasteiger partial charge in [0.05, 0.1) is 0 Å². The average molecular weight is 157 g/mol. The van der Waals surface area contributed by atoms with Crippen LogP contribution in [-0.2, 0) is 4.79 Å². The number of amides is 1. The van der Waals surface area contributed by atoms with Crippen LogP contribution < -0.4 is 5.32 Å². The maximum absolute atomic E-state index is 10.8. The molecule has 0 aromatic carbocycles. The monoisotopic (exact) mass is 157 g/mol. The quantitative estimate of drug-likeness (QED) is 0.649. The lowest BCUT2D eigenvalue weighted by atomic mass is 10.1. The SMILES string of the molecule is CCCC(C)CNC(=O)CC. The Kier molecular flexibility index (Phi) is 5.90. The van der Waals surface area contributed by atoms with E-state index in [2.05, 4.69) is 19.2 Å². The topological polar surface area (TPSA) is 29.1 Å². The van der Waals surface area contributed by atoms with Crippen LogP contribution in [0.4, 0.5) is 0 Å². The molecule has 1 unspecified atom stereocenters. The zero-order valence-electron chi connectivity index (χ0n) is 7.81. The Bertz CT molecular complexity index is 112. The summed E-state index contributed by atoms with van der Waals surface area (Å²) < 4.78 is 0. The van der Waals surface area contributed by atoms with Gasteiger partial charge >= 0.3 is 0 Å². The molecule has 0 fully saturated rings. The summed E-state index contributed by atoms with van der Waals surface area (Å²) in [5.41, 5.74) is 0. The van der Waals surface area contributed by atoms with Crippen LogP contribution in [0.25, 0.3) is 0 Å². The molecule has 0 saturated heterocycles. The molecule has 0 rings (SSSR count). The molecule has 0 radical (unpaired) electrons. The van der Waals surface area contributed by atoms with Crippen molar-refractivity contribution in [3.63, 3.8) is 0 Å². The van der Waals surface area contributed by atoms with E-state index in [1.807, 2.05) is 6.92 Å². The smallest absolute Gasteiger partial charge is 0.219 e. The van der Waals surface area contributed by atoms with Gasteiger partial charge in [-0.25, -0.2) is 0 Å². The minimum Gasteiger partial charge on any atom is -0.356 e. The molecule has 66 valence electrons. The van der Waals surface area contributed by atoms with Crippen LogP contribution >= 0.6 is 0 Å². The summed E-state index contributed by atoms with van der Waals surface area (Å²) in [5.74, 6) is 0.781. The van der Waals surface area contributed by atoms with Crippen molar-refractivity contribution in [1.29, 1.82) is 0 Å². The molecular formula is C9H19NO. The summed E-state index contributed by atoms with van der Waals surface area (Å²) in [4.78, 5) is 10.8. The van der Waals surface area contributed by atoms with Crippen LogP contribution in [0.15, 0.2) is 0 Å². The predicted molar refractivity (Wildman–Crippen MR) is 47.4 cm³/mol. The van der Waals surface area contributed by atoms with Gasteiger partial charge in [0, 0.05) is 13.0 Å². The summed E-state index contributed by atoms with van der Waals surface area (Å²) >= 11 is 0. The Balaban J connectivity index is 3.29. The predicted octanol–water partition coefficient (Wildman–Crippen LogP) is 1.95. The van der Waals surface area contributed by atoms with Crippen LogP contribution in [0.5, 0.6) is 0 Å². The van der Waals surface area contributed by atoms with E-state index in [9.17, 15) is 4.79 Å². The van der Waals surface area contributed by atoms with Gasteiger partial charge in [-0.15, -0.1) is 0 Å². The number of hydrogen-bond donors (Lipinski definition) is 1. The fourth-order valence-electron chi connectivity index (χ4n) is 1.01. The highest BCUT2D eigenvalue weighted by atomic mass is 16.1. The van der Waals surface area contributed by atoms with Gasteiger partial charge < -0.3 is 5.32 Å². The van der Waals surface area contributed by atoms with Gasteiger partial charge in [0.25, 0.3) is 0 Å². The molecule has 2 nitrogen and oxygen atoms in total. The number of carbonyl (C=O) groups excluding carboxylic acids is 1. The van der Waals surface area contributed by atoms with Gasteiger partial charge in [0.15, 0.2) is 0 Å². The number of carbonyl (C=O) groups is 1. The summed E-state index contributed by atoms with van der Waals surface area (Å²) in [7, 11) is 0. The molecule has 11 heavy (non-hydrogen) atoms. The van der Waals surface area contributed by atoms with Gasteiger partial charge in [-0.3, -0.25) is 4.79 Å². The molecule has 0 aromatic rings. The van der Waals surface area contributed by atoms with E-state index >= 15 is 0 Å². The molecule has 2 heteroatoms. The second kappa shape index (κ2) is 6.20. The van der Waals surface area contributed by atoms with Crippen LogP contribution in [0.3, 0.4) is 0 Å². The first-order chi connectivity index (χ1) is 5.20. The van der Waals surface area contributed by atoms with E-state index in [0.29, 0.717) is 12.3 Å². The average Bonchev–Trinajstić information content (AvgIpc) is 2.01. The van der Waals surface area contributed by atoms with Crippen LogP contribution in [0.2, 0.25) is 0 Å². The molecule has 1 atom stereocenters. The number of nitrogens with one attached hydrogen (secondary N) is 1. The molecule has 0 spiro atoms. The minimum atomic E-state index is 0.160. The Hall–Kier alpha value is -0.530. The summed E-state index contributed by atoms with van der Waals surface area (Å²) in [5, 5.41) is 2.88. The van der Waals surface area contributed by atoms with E-state index in [1.165, 1.54) is 12.8 Å². The largest absolute Gasteiger partial charge is 0.356 e. The van der Waals surface area contributed by atoms with Gasteiger partial charge in [0.2, 0.25) is 5.91 Å². The minimum absolute atomic E-state index is 0.160. The lowest BCUT2D eigenvalue weighted by molar-refractivity contribution is -0.120. The highest BCUT2D eigenvalue weighted by Gasteiger charge is 2.01. The van der Waals surface area contributed by atoms with Crippen molar-refractivity contribution in [2.75, 3.05) is 6.54 Å². The maximum atomic E-state index is 10.8. The molecule has 1 N–H and O–H groups in total. The highest BCUT2D eigenvalue weighted by molar-refractivity contribution is 5.75. The van der Waals surface area contributed by atoms with Crippen molar-refractivity contribution in [2.24, 2.45) is 5.92 Å². The van der Waals surface area contributed by atoms with Crippen LogP contribution in [0, 0.1) is 5.92 Å². The molecule has 0 aliphatic heterocycles. The highest BCUT2D eigenvalue weighted by Crippen LogP contribution is 2.02. The molecule has 0 aromatic heterocycles. The molecule has 0 aliphatic rings. The zero-order valence-corrected chi connectivity index (χ0v) is 7.81. The van der Waals surface area contributed by atoms with Crippen molar-refractivity contribution in [3.8, 4) is 0 Å². The van der Waals surface area contributed by atoms with E-state index < -0.39 is 0 Å². The lowest BCUT2D eigenvalue weighted by Crippen LogP contribution is -2.27. The Morgan fingerprint density at radius 3 is 2.55 bits per heavy atom. The molecule has 0 aliphatic carbocycles. The zero-order chi connectivity index (χ0) is 8.69. The molecule has 1 amide bonds. The van der Waals surface area contributed by atoms with Crippen molar-refractivity contribution in [1.82, 2.24) is 5.32 Å². The maximum Gasteiger partial charge on any atom is 0.219 e. The van der Waals surface area contributed by atoms with Crippen molar-refractivity contribution in [2.45, 2.75) is 40.0 Å². The Morgan fingerprint density at radius 1 is 1.45 bits per heavy atom. The van der Waals surface area contributed by atoms with Crippen molar-refractivity contribution in [3.05, 3.63) is 0 Å². The second-order valence-electron chi connectivity index (χ2n) is 3.05. The third kappa shape index (κ3) is 5.89. The van der Waals surface area contributed by atoms with Gasteiger partial charge in [0.1, 0.15) is 0 Å². The van der Waals surface area contributed by atoms with Crippen molar-refractivity contribution < 1.29 is 4.79 Å². The van der Waals surface area contributed by atoms with E-state index in [-0.39, 0.29) is 5.91 Å². The summed E-state index contributed by atoms with van der Waals surface area (Å²) in [6.07, 6.45) is 2.99. The van der Waals surface area contributed by atoms with Crippen LogP contribution in [-0.4, -0.2) is 12.5 Å². The fraction of sp³-hybridized carbons (Fsp3) is 0.889. The van der Waals surface area contributed by atoms with Crippen LogP contribution in [0.1, 0.15) is 40.0 Å². The Labute approximate surface area is 69.4 Å². The third-order valence-corrected chi connectivity index (χ3v) is 1.75. The Morgan fingerprint density at radius 2 is 2.09 bits per heavy atom. The van der Waals surface area contributed by atoms with E-state index in [1.54, 1.807) is 0 Å². The molecular weight excluding hydrogens is 138 g/mol. The first-order valence-electron chi connectivity index (χ1n) is 4.47. The summed E-state index contributed by atoms with van der Waals surface area (Å²) in [6, 6.07) is 0. The fourth-order valence-corrected chi connectivity index (χ4v) is 1.01. The van der Waals surface area contributed by atoms with Gasteiger partial charge in [-0.1, -0.05) is 27.2 Å². The second-order valence-corrected chi connectivity index (χ2v) is 3.05. The normalized spacial score (nSPS) is 12.6. The standard InChI is InChI=1S/C9H19NO/c1-4-6-8(3)7-10-9(11)5-2/h8H,4-7H2,1-3H3,(H,10,11). The molecule has 0 saturated carbocycles. The third-order valence-electron chi connectivity index (χ3n) is 1.75. The first-order valence-corrected chi connectivity index (χ1v) is 4.47. The lowest BCUT2D eigenvalue weighted by Gasteiger charge is -2.10. The van der Waals surface area contributed by atoms with Gasteiger partial charge in [-0.05, 0) is 12.3 Å². The van der Waals surface area contributed by atoms with E-state index in [0.717, 1.165) is 6.54 Å². The van der Waals surface area contributed by atoms with Gasteiger partial charge in [-0.2, -0.15) is 0 Å². The molecule has 0 heterocycles. The first kappa shape index (κ1) is 10.5. The number of rotatable bonds is 5.